The van der Waals surface area contributed by atoms with Crippen molar-refractivity contribution in [1.82, 2.24) is 10.2 Å². The van der Waals surface area contributed by atoms with Crippen LogP contribution in [0.25, 0.3) is 0 Å². The SMILES string of the molecule is Cl.NCCNC(=O)C1CCCN(C(=O)Cc2ccc([N+](=O)[O-])cc2)C1. The van der Waals surface area contributed by atoms with Gasteiger partial charge in [0.2, 0.25) is 11.8 Å². The standard InChI is InChI=1S/C16H22N4O4.ClH/c17-7-8-18-16(22)13-2-1-9-19(11-13)15(21)10-12-3-5-14(6-4-12)20(23)24;/h3-6,13H,1-2,7-11,17H2,(H,18,22);1H. The highest BCUT2D eigenvalue weighted by Gasteiger charge is 2.28. The molecule has 0 aliphatic carbocycles. The zero-order valence-corrected chi connectivity index (χ0v) is 14.7. The molecule has 1 fully saturated rings. The average Bonchev–Trinajstić information content (AvgIpc) is 2.60. The van der Waals surface area contributed by atoms with Gasteiger partial charge in [0.05, 0.1) is 17.3 Å². The quantitative estimate of drug-likeness (QED) is 0.569. The van der Waals surface area contributed by atoms with Gasteiger partial charge in [0.25, 0.3) is 5.69 Å². The number of nitrogens with zero attached hydrogens (tertiary/aromatic N) is 2. The number of rotatable bonds is 6. The molecule has 1 heterocycles. The summed E-state index contributed by atoms with van der Waals surface area (Å²) in [6.45, 7) is 1.86. The molecule has 1 aliphatic heterocycles. The third-order valence-corrected chi connectivity index (χ3v) is 4.09. The van der Waals surface area contributed by atoms with Crippen LogP contribution in [0.4, 0.5) is 5.69 Å². The lowest BCUT2D eigenvalue weighted by atomic mass is 9.96. The molecule has 1 unspecified atom stereocenters. The number of hydrogen-bond donors (Lipinski definition) is 2. The molecule has 0 aromatic heterocycles. The Kier molecular flexibility index (Phi) is 8.30. The van der Waals surface area contributed by atoms with Crippen LogP contribution in [-0.2, 0) is 16.0 Å². The van der Waals surface area contributed by atoms with Crippen molar-refractivity contribution in [1.29, 1.82) is 0 Å². The maximum absolute atomic E-state index is 12.4. The Balaban J connectivity index is 0.00000312. The number of benzene rings is 1. The lowest BCUT2D eigenvalue weighted by Crippen LogP contribution is -2.46. The molecule has 25 heavy (non-hydrogen) atoms. The minimum absolute atomic E-state index is 0. The van der Waals surface area contributed by atoms with Gasteiger partial charge in [0.1, 0.15) is 0 Å². The maximum Gasteiger partial charge on any atom is 0.269 e. The third kappa shape index (κ3) is 5.99. The van der Waals surface area contributed by atoms with Crippen molar-refractivity contribution in [3.05, 3.63) is 39.9 Å². The number of carbonyl (C=O) groups is 2. The number of likely N-dealkylation sites (tertiary alicyclic amines) is 1. The second-order valence-electron chi connectivity index (χ2n) is 5.86. The van der Waals surface area contributed by atoms with Crippen LogP contribution < -0.4 is 11.1 Å². The van der Waals surface area contributed by atoms with E-state index in [1.165, 1.54) is 12.1 Å². The molecule has 9 heteroatoms. The van der Waals surface area contributed by atoms with Crippen LogP contribution in [0.3, 0.4) is 0 Å². The highest BCUT2D eigenvalue weighted by atomic mass is 35.5. The minimum Gasteiger partial charge on any atom is -0.355 e. The zero-order chi connectivity index (χ0) is 17.5. The smallest absolute Gasteiger partial charge is 0.269 e. The van der Waals surface area contributed by atoms with Crippen LogP contribution in [0.5, 0.6) is 0 Å². The monoisotopic (exact) mass is 370 g/mol. The Bertz CT molecular complexity index is 609. The summed E-state index contributed by atoms with van der Waals surface area (Å²) in [6, 6.07) is 5.96. The third-order valence-electron chi connectivity index (χ3n) is 4.09. The largest absolute Gasteiger partial charge is 0.355 e. The fraction of sp³-hybridized carbons (Fsp3) is 0.500. The molecule has 1 aromatic carbocycles. The van der Waals surface area contributed by atoms with Crippen LogP contribution in [-0.4, -0.2) is 47.8 Å². The van der Waals surface area contributed by atoms with E-state index in [4.69, 9.17) is 5.73 Å². The lowest BCUT2D eigenvalue weighted by molar-refractivity contribution is -0.384. The number of non-ortho nitro benzene ring substituents is 1. The summed E-state index contributed by atoms with van der Waals surface area (Å²) in [6.07, 6.45) is 1.72. The number of amides is 2. The first-order valence-electron chi connectivity index (χ1n) is 8.00. The first-order chi connectivity index (χ1) is 11.5. The maximum atomic E-state index is 12.4. The highest BCUT2D eigenvalue weighted by molar-refractivity contribution is 5.85. The minimum atomic E-state index is -0.471. The fourth-order valence-corrected chi connectivity index (χ4v) is 2.78. The van der Waals surface area contributed by atoms with Crippen molar-refractivity contribution >= 4 is 29.9 Å². The van der Waals surface area contributed by atoms with Crippen LogP contribution in [0.1, 0.15) is 18.4 Å². The van der Waals surface area contributed by atoms with Gasteiger partial charge in [-0.3, -0.25) is 19.7 Å². The van der Waals surface area contributed by atoms with E-state index >= 15 is 0 Å². The van der Waals surface area contributed by atoms with Gasteiger partial charge in [-0.25, -0.2) is 0 Å². The van der Waals surface area contributed by atoms with Crippen molar-refractivity contribution in [3.8, 4) is 0 Å². The Morgan fingerprint density at radius 1 is 1.32 bits per heavy atom. The van der Waals surface area contributed by atoms with Crippen LogP contribution in [0.15, 0.2) is 24.3 Å². The van der Waals surface area contributed by atoms with E-state index in [9.17, 15) is 19.7 Å². The second-order valence-corrected chi connectivity index (χ2v) is 5.86. The molecule has 1 aliphatic rings. The number of hydrogen-bond acceptors (Lipinski definition) is 5. The van der Waals surface area contributed by atoms with Gasteiger partial charge in [-0.1, -0.05) is 12.1 Å². The highest BCUT2D eigenvalue weighted by Crippen LogP contribution is 2.18. The Labute approximate surface area is 152 Å². The number of nitro groups is 1. The fourth-order valence-electron chi connectivity index (χ4n) is 2.78. The predicted octanol–water partition coefficient (Wildman–Crippen LogP) is 0.873. The van der Waals surface area contributed by atoms with Crippen molar-refractivity contribution in [2.45, 2.75) is 19.3 Å². The van der Waals surface area contributed by atoms with Crippen LogP contribution in [0.2, 0.25) is 0 Å². The number of halogens is 1. The molecule has 1 aromatic rings. The van der Waals surface area contributed by atoms with E-state index in [-0.39, 0.29) is 42.2 Å². The summed E-state index contributed by atoms with van der Waals surface area (Å²) in [5, 5.41) is 13.4. The summed E-state index contributed by atoms with van der Waals surface area (Å²) in [5.74, 6) is -0.334. The van der Waals surface area contributed by atoms with Crippen molar-refractivity contribution in [2.75, 3.05) is 26.2 Å². The summed E-state index contributed by atoms with van der Waals surface area (Å²) < 4.78 is 0. The Morgan fingerprint density at radius 2 is 2.00 bits per heavy atom. The predicted molar refractivity (Wildman–Crippen MR) is 95.4 cm³/mol. The molecule has 8 nitrogen and oxygen atoms in total. The average molecular weight is 371 g/mol. The second kappa shape index (κ2) is 9.95. The van der Waals surface area contributed by atoms with E-state index < -0.39 is 4.92 Å². The van der Waals surface area contributed by atoms with E-state index in [0.29, 0.717) is 26.2 Å². The summed E-state index contributed by atoms with van der Waals surface area (Å²) >= 11 is 0. The first kappa shape index (κ1) is 20.9. The van der Waals surface area contributed by atoms with E-state index in [2.05, 4.69) is 5.32 Å². The molecule has 0 radical (unpaired) electrons. The number of piperidine rings is 1. The van der Waals surface area contributed by atoms with Crippen molar-refractivity contribution < 1.29 is 14.5 Å². The van der Waals surface area contributed by atoms with Gasteiger partial charge < -0.3 is 16.0 Å². The molecule has 0 bridgehead atoms. The number of nitro benzene ring substituents is 1. The summed E-state index contributed by atoms with van der Waals surface area (Å²) in [5.41, 5.74) is 6.10. The molecule has 2 amide bonds. The van der Waals surface area contributed by atoms with Crippen LogP contribution in [0, 0.1) is 16.0 Å². The molecular formula is C16H23ClN4O4. The molecule has 0 spiro atoms. The summed E-state index contributed by atoms with van der Waals surface area (Å²) in [4.78, 5) is 36.3. The normalized spacial score (nSPS) is 16.7. The van der Waals surface area contributed by atoms with Gasteiger partial charge in [-0.15, -0.1) is 12.4 Å². The molecule has 2 rings (SSSR count). The van der Waals surface area contributed by atoms with Crippen molar-refractivity contribution in [3.63, 3.8) is 0 Å². The molecule has 138 valence electrons. The molecule has 0 saturated carbocycles. The molecule has 3 N–H and O–H groups in total. The van der Waals surface area contributed by atoms with Gasteiger partial charge in [0.15, 0.2) is 0 Å². The number of nitrogens with one attached hydrogen (secondary N) is 1. The van der Waals surface area contributed by atoms with E-state index in [1.54, 1.807) is 17.0 Å². The topological polar surface area (TPSA) is 119 Å². The summed E-state index contributed by atoms with van der Waals surface area (Å²) in [7, 11) is 0. The molecule has 1 atom stereocenters. The number of nitrogens with two attached hydrogens (primary N) is 1. The first-order valence-corrected chi connectivity index (χ1v) is 8.00. The molecule has 1 saturated heterocycles. The van der Waals surface area contributed by atoms with Gasteiger partial charge in [-0.2, -0.15) is 0 Å². The van der Waals surface area contributed by atoms with Gasteiger partial charge >= 0.3 is 0 Å². The zero-order valence-electron chi connectivity index (χ0n) is 13.8. The van der Waals surface area contributed by atoms with Gasteiger partial charge in [0, 0.05) is 38.3 Å². The van der Waals surface area contributed by atoms with E-state index in [0.717, 1.165) is 18.4 Å². The Morgan fingerprint density at radius 3 is 2.60 bits per heavy atom. The van der Waals surface area contributed by atoms with Crippen LogP contribution >= 0.6 is 12.4 Å². The Hall–Kier alpha value is -2.19. The van der Waals surface area contributed by atoms with E-state index in [1.807, 2.05) is 0 Å². The van der Waals surface area contributed by atoms with Gasteiger partial charge in [-0.05, 0) is 18.4 Å². The lowest BCUT2D eigenvalue weighted by Gasteiger charge is -2.32. The molecular weight excluding hydrogens is 348 g/mol. The number of carbonyl (C=O) groups excluding carboxylic acids is 2. The van der Waals surface area contributed by atoms with Crippen molar-refractivity contribution in [2.24, 2.45) is 11.7 Å².